The summed E-state index contributed by atoms with van der Waals surface area (Å²) in [6.45, 7) is 6.39. The molecular weight excluding hydrogens is 346 g/mol. The molecule has 26 heavy (non-hydrogen) atoms. The van der Waals surface area contributed by atoms with Crippen molar-refractivity contribution in [3.8, 4) is 16.7 Å². The van der Waals surface area contributed by atoms with E-state index >= 15 is 0 Å². The van der Waals surface area contributed by atoms with Crippen LogP contribution in [0.5, 0.6) is 16.7 Å². The van der Waals surface area contributed by atoms with Crippen molar-refractivity contribution in [3.05, 3.63) is 48.0 Å². The Labute approximate surface area is 158 Å². The number of hydrogen-bond donors (Lipinski definition) is 1. The molecule has 2 aromatic carbocycles. The minimum Gasteiger partial charge on any atom is -0.490 e. The van der Waals surface area contributed by atoms with Crippen molar-refractivity contribution in [2.45, 2.75) is 45.6 Å². The Hall–Kier alpha value is -2.11. The molecule has 0 aliphatic heterocycles. The second-order valence-corrected chi connectivity index (χ2v) is 7.61. The van der Waals surface area contributed by atoms with E-state index in [1.54, 1.807) is 0 Å². The van der Waals surface area contributed by atoms with Crippen LogP contribution >= 0.6 is 11.3 Å². The maximum absolute atomic E-state index is 10.2. The first kappa shape index (κ1) is 18.7. The van der Waals surface area contributed by atoms with Crippen molar-refractivity contribution in [2.75, 3.05) is 6.61 Å². The molecule has 0 spiro atoms. The number of rotatable bonds is 8. The molecule has 0 radical (unpaired) electrons. The van der Waals surface area contributed by atoms with E-state index in [1.807, 2.05) is 63.2 Å². The third kappa shape index (κ3) is 4.54. The first-order valence-electron chi connectivity index (χ1n) is 9.02. The molecule has 5 heteroatoms. The number of aromatic nitrogens is 1. The molecule has 0 bridgehead atoms. The number of nitrogens with zero attached hydrogens (tertiary/aromatic N) is 1. The number of aryl methyl sites for hydroxylation is 1. The van der Waals surface area contributed by atoms with E-state index < -0.39 is 5.60 Å². The summed E-state index contributed by atoms with van der Waals surface area (Å²) in [5.74, 6) is 1.37. The van der Waals surface area contributed by atoms with Gasteiger partial charge in [-0.2, -0.15) is 0 Å². The Bertz CT molecular complexity index is 840. The maximum atomic E-state index is 10.2. The van der Waals surface area contributed by atoms with Gasteiger partial charge >= 0.3 is 0 Å². The molecule has 1 heterocycles. The number of aliphatic hydroxyl groups is 1. The second-order valence-electron chi connectivity index (χ2n) is 6.61. The third-order valence-electron chi connectivity index (χ3n) is 4.49. The number of benzene rings is 2. The average molecular weight is 372 g/mol. The lowest BCUT2D eigenvalue weighted by Gasteiger charge is -2.21. The highest BCUT2D eigenvalue weighted by molar-refractivity contribution is 7.20. The summed E-state index contributed by atoms with van der Waals surface area (Å²) in [7, 11) is 0. The van der Waals surface area contributed by atoms with Gasteiger partial charge in [-0.1, -0.05) is 36.5 Å². The largest absolute Gasteiger partial charge is 0.490 e. The van der Waals surface area contributed by atoms with Gasteiger partial charge in [0, 0.05) is 0 Å². The topological polar surface area (TPSA) is 51.6 Å². The van der Waals surface area contributed by atoms with Gasteiger partial charge in [0.05, 0.1) is 22.4 Å². The molecule has 0 saturated carbocycles. The minimum atomic E-state index is -0.637. The van der Waals surface area contributed by atoms with E-state index in [2.05, 4.69) is 4.98 Å². The fourth-order valence-electron chi connectivity index (χ4n) is 2.64. The van der Waals surface area contributed by atoms with E-state index in [0.29, 0.717) is 29.7 Å². The normalized spacial score (nSPS) is 13.5. The quantitative estimate of drug-likeness (QED) is 0.561. The zero-order valence-corrected chi connectivity index (χ0v) is 16.3. The molecule has 1 unspecified atom stereocenters. The van der Waals surface area contributed by atoms with Crippen LogP contribution in [-0.2, 0) is 6.42 Å². The van der Waals surface area contributed by atoms with Gasteiger partial charge in [-0.25, -0.2) is 4.98 Å². The van der Waals surface area contributed by atoms with Gasteiger partial charge in [0.1, 0.15) is 0 Å². The van der Waals surface area contributed by atoms with Crippen LogP contribution in [0.2, 0.25) is 0 Å². The van der Waals surface area contributed by atoms with E-state index in [0.717, 1.165) is 28.6 Å². The lowest BCUT2D eigenvalue weighted by molar-refractivity contribution is 0.0473. The zero-order chi connectivity index (χ0) is 18.6. The van der Waals surface area contributed by atoms with E-state index in [4.69, 9.17) is 9.47 Å². The Balaban J connectivity index is 1.79. The molecular formula is C21H25NO3S. The lowest BCUT2D eigenvalue weighted by atomic mass is 9.94. The van der Waals surface area contributed by atoms with Crippen molar-refractivity contribution in [1.29, 1.82) is 0 Å². The Morgan fingerprint density at radius 3 is 2.65 bits per heavy atom. The van der Waals surface area contributed by atoms with Crippen LogP contribution in [0.15, 0.2) is 42.5 Å². The second kappa shape index (κ2) is 8.06. The van der Waals surface area contributed by atoms with Gasteiger partial charge in [-0.3, -0.25) is 0 Å². The van der Waals surface area contributed by atoms with Gasteiger partial charge in [0.2, 0.25) is 0 Å². The van der Waals surface area contributed by atoms with Gasteiger partial charge in [0.25, 0.3) is 5.19 Å². The highest BCUT2D eigenvalue weighted by Gasteiger charge is 2.18. The molecule has 0 aliphatic carbocycles. The van der Waals surface area contributed by atoms with Gasteiger partial charge < -0.3 is 14.6 Å². The van der Waals surface area contributed by atoms with Crippen LogP contribution in [0.4, 0.5) is 0 Å². The monoisotopic (exact) mass is 371 g/mol. The van der Waals surface area contributed by atoms with Crippen molar-refractivity contribution in [1.82, 2.24) is 4.98 Å². The Morgan fingerprint density at radius 1 is 1.12 bits per heavy atom. The summed E-state index contributed by atoms with van der Waals surface area (Å²) in [6, 6.07) is 13.9. The smallest absolute Gasteiger partial charge is 0.279 e. The molecule has 0 fully saturated rings. The zero-order valence-electron chi connectivity index (χ0n) is 15.5. The third-order valence-corrected chi connectivity index (χ3v) is 5.41. The lowest BCUT2D eigenvalue weighted by Crippen LogP contribution is -2.23. The maximum Gasteiger partial charge on any atom is 0.279 e. The van der Waals surface area contributed by atoms with Crippen molar-refractivity contribution >= 4 is 21.6 Å². The molecule has 1 atom stereocenters. The van der Waals surface area contributed by atoms with Crippen molar-refractivity contribution < 1.29 is 14.6 Å². The molecule has 0 saturated heterocycles. The minimum absolute atomic E-state index is 0.562. The SMILES string of the molecule is CCOc1cc(CCC(C)(O)CC)ccc1Oc1nc2ccccc2s1. The fourth-order valence-corrected chi connectivity index (χ4v) is 3.47. The first-order chi connectivity index (χ1) is 12.5. The van der Waals surface area contributed by atoms with Crippen LogP contribution < -0.4 is 9.47 Å². The number of para-hydroxylation sites is 1. The summed E-state index contributed by atoms with van der Waals surface area (Å²) in [5.41, 5.74) is 1.42. The molecule has 1 aromatic heterocycles. The highest BCUT2D eigenvalue weighted by Crippen LogP contribution is 2.36. The van der Waals surface area contributed by atoms with Crippen LogP contribution in [0.25, 0.3) is 10.2 Å². The Morgan fingerprint density at radius 2 is 1.92 bits per heavy atom. The van der Waals surface area contributed by atoms with Crippen LogP contribution in [0.1, 0.15) is 39.2 Å². The summed E-state index contributed by atoms with van der Waals surface area (Å²) in [4.78, 5) is 4.52. The summed E-state index contributed by atoms with van der Waals surface area (Å²) < 4.78 is 12.9. The molecule has 138 valence electrons. The number of hydrogen-bond acceptors (Lipinski definition) is 5. The number of ether oxygens (including phenoxy) is 2. The summed E-state index contributed by atoms with van der Waals surface area (Å²) in [5, 5.41) is 10.8. The van der Waals surface area contributed by atoms with Gasteiger partial charge in [0.15, 0.2) is 11.5 Å². The predicted molar refractivity (Wildman–Crippen MR) is 107 cm³/mol. The molecule has 3 aromatic rings. The summed E-state index contributed by atoms with van der Waals surface area (Å²) in [6.07, 6.45) is 2.25. The van der Waals surface area contributed by atoms with Crippen LogP contribution in [-0.4, -0.2) is 22.3 Å². The molecule has 1 N–H and O–H groups in total. The molecule has 4 nitrogen and oxygen atoms in total. The molecule has 3 rings (SSSR count). The fraction of sp³-hybridized carbons (Fsp3) is 0.381. The van der Waals surface area contributed by atoms with E-state index in [-0.39, 0.29) is 0 Å². The number of fused-ring (bicyclic) bond motifs is 1. The Kier molecular flexibility index (Phi) is 5.79. The highest BCUT2D eigenvalue weighted by atomic mass is 32.1. The standard InChI is InChI=1S/C21H25NO3S/c1-4-21(3,23)13-12-15-10-11-17(18(14-15)24-5-2)25-20-22-16-8-6-7-9-19(16)26-20/h6-11,14,23H,4-5,12-13H2,1-3H3. The number of thiazole rings is 1. The molecule has 0 amide bonds. The molecule has 0 aliphatic rings. The van der Waals surface area contributed by atoms with E-state index in [9.17, 15) is 5.11 Å². The summed E-state index contributed by atoms with van der Waals surface area (Å²) >= 11 is 1.52. The average Bonchev–Trinajstić information content (AvgIpc) is 3.04. The van der Waals surface area contributed by atoms with Crippen molar-refractivity contribution in [2.24, 2.45) is 0 Å². The van der Waals surface area contributed by atoms with Crippen molar-refractivity contribution in [3.63, 3.8) is 0 Å². The van der Waals surface area contributed by atoms with Crippen LogP contribution in [0.3, 0.4) is 0 Å². The van der Waals surface area contributed by atoms with E-state index in [1.165, 1.54) is 11.3 Å². The first-order valence-corrected chi connectivity index (χ1v) is 9.84. The van der Waals surface area contributed by atoms with Gasteiger partial charge in [-0.05, 0) is 62.9 Å². The van der Waals surface area contributed by atoms with Crippen LogP contribution in [0, 0.1) is 0 Å². The predicted octanol–water partition coefficient (Wildman–Crippen LogP) is 5.58. The van der Waals surface area contributed by atoms with Gasteiger partial charge in [-0.15, -0.1) is 0 Å².